The summed E-state index contributed by atoms with van der Waals surface area (Å²) in [6, 6.07) is 2.84. The van der Waals surface area contributed by atoms with Crippen LogP contribution in [0.1, 0.15) is 12.6 Å². The molecule has 70 valence electrons. The highest BCUT2D eigenvalue weighted by molar-refractivity contribution is 9.10. The van der Waals surface area contributed by atoms with Crippen LogP contribution < -0.4 is 0 Å². The molecule has 0 fully saturated rings. The second-order valence-corrected chi connectivity index (χ2v) is 3.08. The van der Waals surface area contributed by atoms with E-state index in [0.29, 0.717) is 18.1 Å². The molecule has 4 heteroatoms. The molecule has 0 unspecified atom stereocenters. The number of nitrogens with zero attached hydrogens (tertiary/aromatic N) is 1. The lowest BCUT2D eigenvalue weighted by atomic mass is 10.3. The van der Waals surface area contributed by atoms with Crippen molar-refractivity contribution in [1.29, 1.82) is 0 Å². The molecule has 1 aromatic heterocycles. The Hall–Kier alpha value is -0.900. The quantitative estimate of drug-likeness (QED) is 0.604. The molecule has 13 heavy (non-hydrogen) atoms. The fourth-order valence-electron chi connectivity index (χ4n) is 0.821. The van der Waals surface area contributed by atoms with Crippen LogP contribution in [0.2, 0.25) is 0 Å². The summed E-state index contributed by atoms with van der Waals surface area (Å²) in [6.45, 7) is 6.03. The molecular formula is C9H9BrFNO. The third-order valence-corrected chi connectivity index (χ3v) is 1.96. The average molecular weight is 246 g/mol. The topological polar surface area (TPSA) is 22.1 Å². The van der Waals surface area contributed by atoms with Crippen LogP contribution >= 0.6 is 15.9 Å². The number of hydrogen-bond donors (Lipinski definition) is 0. The third kappa shape index (κ3) is 2.52. The molecule has 0 saturated carbocycles. The second-order valence-electron chi connectivity index (χ2n) is 2.33. The first-order valence-corrected chi connectivity index (χ1v) is 4.58. The molecular weight excluding hydrogens is 237 g/mol. The van der Waals surface area contributed by atoms with E-state index in [9.17, 15) is 4.39 Å². The predicted molar refractivity (Wildman–Crippen MR) is 52.6 cm³/mol. The Kier molecular flexibility index (Phi) is 3.42. The summed E-state index contributed by atoms with van der Waals surface area (Å²) in [7, 11) is 0. The van der Waals surface area contributed by atoms with Crippen LogP contribution in [0.3, 0.4) is 0 Å². The standard InChI is InChI=1S/C9H9BrFNO/c1-3-13-6(2)8-5-4-7(11)9(10)12-8/h4-5H,2-3H2,1H3. The largest absolute Gasteiger partial charge is 0.492 e. The normalized spacial score (nSPS) is 9.77. The second kappa shape index (κ2) is 4.37. The van der Waals surface area contributed by atoms with Gasteiger partial charge in [-0.1, -0.05) is 6.58 Å². The van der Waals surface area contributed by atoms with E-state index in [0.717, 1.165) is 0 Å². The number of ether oxygens (including phenoxy) is 1. The maximum Gasteiger partial charge on any atom is 0.156 e. The summed E-state index contributed by atoms with van der Waals surface area (Å²) in [4.78, 5) is 3.91. The summed E-state index contributed by atoms with van der Waals surface area (Å²) < 4.78 is 18.1. The summed E-state index contributed by atoms with van der Waals surface area (Å²) in [5.74, 6) is 0.0521. The van der Waals surface area contributed by atoms with E-state index in [1.165, 1.54) is 12.1 Å². The van der Waals surface area contributed by atoms with Crippen LogP contribution in [0.5, 0.6) is 0 Å². The monoisotopic (exact) mass is 245 g/mol. The van der Waals surface area contributed by atoms with Gasteiger partial charge in [-0.15, -0.1) is 0 Å². The van der Waals surface area contributed by atoms with Crippen molar-refractivity contribution in [2.45, 2.75) is 6.92 Å². The summed E-state index contributed by atoms with van der Waals surface area (Å²) in [5.41, 5.74) is 0.537. The number of aromatic nitrogens is 1. The van der Waals surface area contributed by atoms with Gasteiger partial charge in [0.2, 0.25) is 0 Å². The molecule has 0 atom stereocenters. The van der Waals surface area contributed by atoms with Gasteiger partial charge in [-0.2, -0.15) is 0 Å². The van der Waals surface area contributed by atoms with Crippen molar-refractivity contribution in [3.8, 4) is 0 Å². The first-order valence-electron chi connectivity index (χ1n) is 3.79. The van der Waals surface area contributed by atoms with Gasteiger partial charge in [0.15, 0.2) is 5.82 Å². The lowest BCUT2D eigenvalue weighted by molar-refractivity contribution is 0.297. The Morgan fingerprint density at radius 3 is 2.92 bits per heavy atom. The summed E-state index contributed by atoms with van der Waals surface area (Å²) >= 11 is 2.98. The van der Waals surface area contributed by atoms with Crippen LogP contribution in [0.25, 0.3) is 5.76 Å². The molecule has 0 spiro atoms. The van der Waals surface area contributed by atoms with Gasteiger partial charge in [0, 0.05) is 0 Å². The van der Waals surface area contributed by atoms with Crippen molar-refractivity contribution in [1.82, 2.24) is 4.98 Å². The number of hydrogen-bond acceptors (Lipinski definition) is 2. The van der Waals surface area contributed by atoms with E-state index in [2.05, 4.69) is 27.5 Å². The first-order chi connectivity index (χ1) is 6.15. The van der Waals surface area contributed by atoms with Crippen LogP contribution in [0.4, 0.5) is 4.39 Å². The van der Waals surface area contributed by atoms with Crippen molar-refractivity contribution >= 4 is 21.7 Å². The molecule has 0 radical (unpaired) electrons. The predicted octanol–water partition coefficient (Wildman–Crippen LogP) is 2.99. The van der Waals surface area contributed by atoms with Crippen molar-refractivity contribution in [2.24, 2.45) is 0 Å². The Labute approximate surface area is 84.6 Å². The summed E-state index contributed by atoms with van der Waals surface area (Å²) in [5, 5.41) is 0. The molecule has 1 rings (SSSR count). The minimum absolute atomic E-state index is 0.172. The zero-order valence-electron chi connectivity index (χ0n) is 7.18. The molecule has 0 aliphatic heterocycles. The minimum Gasteiger partial charge on any atom is -0.492 e. The zero-order valence-corrected chi connectivity index (χ0v) is 8.77. The van der Waals surface area contributed by atoms with Crippen LogP contribution in [-0.2, 0) is 4.74 Å². The molecule has 0 saturated heterocycles. The van der Waals surface area contributed by atoms with Gasteiger partial charge in [-0.25, -0.2) is 9.37 Å². The summed E-state index contributed by atoms with van der Waals surface area (Å²) in [6.07, 6.45) is 0. The van der Waals surface area contributed by atoms with Crippen molar-refractivity contribution in [3.05, 3.63) is 34.8 Å². The van der Waals surface area contributed by atoms with E-state index in [1.54, 1.807) is 0 Å². The lowest BCUT2D eigenvalue weighted by Gasteiger charge is -2.05. The molecule has 1 heterocycles. The molecule has 1 aromatic rings. The Bertz CT molecular complexity index is 327. The number of rotatable bonds is 3. The lowest BCUT2D eigenvalue weighted by Crippen LogP contribution is -1.95. The van der Waals surface area contributed by atoms with Crippen LogP contribution in [0, 0.1) is 5.82 Å². The number of pyridine rings is 1. The Morgan fingerprint density at radius 2 is 2.38 bits per heavy atom. The highest BCUT2D eigenvalue weighted by Crippen LogP contribution is 2.17. The Morgan fingerprint density at radius 1 is 1.69 bits per heavy atom. The molecule has 0 bridgehead atoms. The van der Waals surface area contributed by atoms with Crippen LogP contribution in [-0.4, -0.2) is 11.6 Å². The molecule has 0 aromatic carbocycles. The van der Waals surface area contributed by atoms with E-state index < -0.39 is 5.82 Å². The van der Waals surface area contributed by atoms with Gasteiger partial charge in [0.25, 0.3) is 0 Å². The Balaban J connectivity index is 2.90. The van der Waals surface area contributed by atoms with Gasteiger partial charge in [-0.3, -0.25) is 0 Å². The third-order valence-electron chi connectivity index (χ3n) is 1.41. The van der Waals surface area contributed by atoms with E-state index in [4.69, 9.17) is 4.74 Å². The maximum atomic E-state index is 12.8. The zero-order chi connectivity index (χ0) is 9.84. The fourth-order valence-corrected chi connectivity index (χ4v) is 1.14. The van der Waals surface area contributed by atoms with Gasteiger partial charge < -0.3 is 4.74 Å². The van der Waals surface area contributed by atoms with E-state index >= 15 is 0 Å². The van der Waals surface area contributed by atoms with Gasteiger partial charge >= 0.3 is 0 Å². The maximum absolute atomic E-state index is 12.8. The van der Waals surface area contributed by atoms with Gasteiger partial charge in [0.1, 0.15) is 16.1 Å². The van der Waals surface area contributed by atoms with Crippen LogP contribution in [0.15, 0.2) is 23.3 Å². The highest BCUT2D eigenvalue weighted by atomic mass is 79.9. The number of halogens is 2. The first kappa shape index (κ1) is 10.2. The molecule has 0 aliphatic carbocycles. The smallest absolute Gasteiger partial charge is 0.156 e. The van der Waals surface area contributed by atoms with Crippen molar-refractivity contribution < 1.29 is 9.13 Å². The molecule has 0 amide bonds. The van der Waals surface area contributed by atoms with Crippen molar-refractivity contribution in [3.63, 3.8) is 0 Å². The van der Waals surface area contributed by atoms with E-state index in [1.807, 2.05) is 6.92 Å². The highest BCUT2D eigenvalue weighted by Gasteiger charge is 2.05. The van der Waals surface area contributed by atoms with Gasteiger partial charge in [0.05, 0.1) is 6.61 Å². The van der Waals surface area contributed by atoms with Crippen molar-refractivity contribution in [2.75, 3.05) is 6.61 Å². The minimum atomic E-state index is -0.395. The average Bonchev–Trinajstić information content (AvgIpc) is 2.10. The molecule has 0 aliphatic rings. The van der Waals surface area contributed by atoms with E-state index in [-0.39, 0.29) is 4.60 Å². The van der Waals surface area contributed by atoms with Gasteiger partial charge in [-0.05, 0) is 35.0 Å². The molecule has 0 N–H and O–H groups in total. The SMILES string of the molecule is C=C(OCC)c1ccc(F)c(Br)n1. The molecule has 2 nitrogen and oxygen atoms in total. The fraction of sp³-hybridized carbons (Fsp3) is 0.222.